The van der Waals surface area contributed by atoms with Gasteiger partial charge in [-0.2, -0.15) is 0 Å². The highest BCUT2D eigenvalue weighted by atomic mass is 32.1. The summed E-state index contributed by atoms with van der Waals surface area (Å²) in [6.45, 7) is 0. The average Bonchev–Trinajstić information content (AvgIpc) is 3.73. The molecule has 0 bridgehead atoms. The maximum absolute atomic E-state index is 5.45. The van der Waals surface area contributed by atoms with Gasteiger partial charge in [-0.05, 0) is 41.1 Å². The molecule has 0 saturated heterocycles. The highest BCUT2D eigenvalue weighted by molar-refractivity contribution is 7.26. The van der Waals surface area contributed by atoms with Crippen LogP contribution in [0.4, 0.5) is 0 Å². The number of hydrogen-bond acceptors (Lipinski definition) is 4. The molecule has 10 aromatic rings. The molecule has 6 aromatic carbocycles. The summed E-state index contributed by atoms with van der Waals surface area (Å²) in [4.78, 5) is 10.8. The number of thiophene rings is 2. The second-order valence-electron chi connectivity index (χ2n) is 11.0. The van der Waals surface area contributed by atoms with E-state index in [1.165, 1.54) is 51.8 Å². The van der Waals surface area contributed by atoms with E-state index in [2.05, 4.69) is 132 Å². The second-order valence-corrected chi connectivity index (χ2v) is 13.1. The summed E-state index contributed by atoms with van der Waals surface area (Å²) in [7, 11) is 0. The molecule has 0 amide bonds. The first-order chi connectivity index (χ1) is 21.3. The minimum absolute atomic E-state index is 0.698. The van der Waals surface area contributed by atoms with Crippen LogP contribution in [0.3, 0.4) is 0 Å². The maximum Gasteiger partial charge on any atom is 0.235 e. The van der Waals surface area contributed by atoms with Crippen molar-refractivity contribution in [2.24, 2.45) is 0 Å². The molecule has 4 heterocycles. The molecule has 0 aliphatic carbocycles. The molecule has 3 nitrogen and oxygen atoms in total. The fourth-order valence-corrected chi connectivity index (χ4v) is 9.04. The van der Waals surface area contributed by atoms with E-state index in [0.717, 1.165) is 32.5 Å². The Kier molecular flexibility index (Phi) is 4.75. The van der Waals surface area contributed by atoms with Crippen LogP contribution < -0.4 is 0 Å². The molecule has 0 saturated carbocycles. The van der Waals surface area contributed by atoms with E-state index in [9.17, 15) is 0 Å². The molecule has 0 fully saturated rings. The Labute approximate surface area is 253 Å². The quantitative estimate of drug-likeness (QED) is 0.203. The molecule has 0 spiro atoms. The van der Waals surface area contributed by atoms with E-state index < -0.39 is 0 Å². The fraction of sp³-hybridized carbons (Fsp3) is 0. The van der Waals surface area contributed by atoms with Gasteiger partial charge in [-0.3, -0.25) is 4.57 Å². The van der Waals surface area contributed by atoms with Crippen LogP contribution in [0.5, 0.6) is 0 Å². The molecular weight excluding hydrogens is 563 g/mol. The Morgan fingerprint density at radius 1 is 0.465 bits per heavy atom. The van der Waals surface area contributed by atoms with Crippen molar-refractivity contribution in [1.29, 1.82) is 0 Å². The number of rotatable bonds is 2. The third kappa shape index (κ3) is 3.23. The Hall–Kier alpha value is -5.10. The molecule has 5 heteroatoms. The van der Waals surface area contributed by atoms with Crippen molar-refractivity contribution in [3.8, 4) is 17.2 Å². The highest BCUT2D eigenvalue weighted by Crippen LogP contribution is 2.45. The molecule has 0 aliphatic rings. The second kappa shape index (κ2) is 8.71. The first kappa shape index (κ1) is 23.5. The Bertz CT molecular complexity index is 2740. The van der Waals surface area contributed by atoms with Crippen LogP contribution in [0.15, 0.2) is 127 Å². The van der Waals surface area contributed by atoms with Crippen LogP contribution in [-0.4, -0.2) is 14.5 Å². The van der Waals surface area contributed by atoms with Gasteiger partial charge >= 0.3 is 0 Å². The van der Waals surface area contributed by atoms with E-state index in [1.807, 2.05) is 11.3 Å². The van der Waals surface area contributed by atoms with E-state index >= 15 is 0 Å². The standard InChI is InChI=1S/C38H21N3S2/c1-2-12-23-22(10-1)11-9-16-24(23)35-37-36(27-15-5-8-19-31(27)43-37)40-38(39-35)41-28-17-6-3-13-25(28)33-29(41)20-21-32-34(33)26-14-4-7-18-30(26)42-32/h1-21H. The van der Waals surface area contributed by atoms with Crippen LogP contribution >= 0.6 is 22.7 Å². The highest BCUT2D eigenvalue weighted by Gasteiger charge is 2.22. The van der Waals surface area contributed by atoms with Gasteiger partial charge in [-0.1, -0.05) is 97.1 Å². The predicted octanol–water partition coefficient (Wildman–Crippen LogP) is 11.1. The third-order valence-electron chi connectivity index (χ3n) is 8.63. The number of para-hydroxylation sites is 1. The van der Waals surface area contributed by atoms with E-state index in [4.69, 9.17) is 9.97 Å². The number of fused-ring (bicyclic) bond motifs is 11. The van der Waals surface area contributed by atoms with Gasteiger partial charge in [0.15, 0.2) is 0 Å². The first-order valence-corrected chi connectivity index (χ1v) is 16.0. The summed E-state index contributed by atoms with van der Waals surface area (Å²) in [6, 6.07) is 45.6. The number of aromatic nitrogens is 3. The van der Waals surface area contributed by atoms with Crippen LogP contribution in [0.2, 0.25) is 0 Å². The smallest absolute Gasteiger partial charge is 0.235 e. The first-order valence-electron chi connectivity index (χ1n) is 14.3. The van der Waals surface area contributed by atoms with Gasteiger partial charge in [-0.15, -0.1) is 22.7 Å². The van der Waals surface area contributed by atoms with Crippen molar-refractivity contribution in [2.75, 3.05) is 0 Å². The monoisotopic (exact) mass is 583 g/mol. The maximum atomic E-state index is 5.45. The molecule has 200 valence electrons. The minimum Gasteiger partial charge on any atom is -0.278 e. The van der Waals surface area contributed by atoms with Crippen molar-refractivity contribution < 1.29 is 0 Å². The summed E-state index contributed by atoms with van der Waals surface area (Å²) >= 11 is 3.63. The topological polar surface area (TPSA) is 30.7 Å². The summed E-state index contributed by atoms with van der Waals surface area (Å²) in [5.74, 6) is 0.698. The van der Waals surface area contributed by atoms with Gasteiger partial charge in [-0.25, -0.2) is 9.97 Å². The van der Waals surface area contributed by atoms with Crippen molar-refractivity contribution in [3.63, 3.8) is 0 Å². The molecular formula is C38H21N3S2. The molecule has 0 aliphatic heterocycles. The largest absolute Gasteiger partial charge is 0.278 e. The lowest BCUT2D eigenvalue weighted by Gasteiger charge is -2.11. The summed E-state index contributed by atoms with van der Waals surface area (Å²) in [5.41, 5.74) is 5.35. The summed E-state index contributed by atoms with van der Waals surface area (Å²) in [5, 5.41) is 8.66. The lowest BCUT2D eigenvalue weighted by Crippen LogP contribution is -2.02. The van der Waals surface area contributed by atoms with Crippen molar-refractivity contribution in [3.05, 3.63) is 127 Å². The van der Waals surface area contributed by atoms with Crippen LogP contribution in [0.25, 0.3) is 90.3 Å². The Balaban J connectivity index is 1.39. The molecule has 10 rings (SSSR count). The SMILES string of the molecule is c1ccc2c(-c3nc(-n4c5ccccc5c5c6c(ccc54)sc4ccccc46)nc4c3sc3ccccc34)cccc2c1. The molecule has 0 N–H and O–H groups in total. The predicted molar refractivity (Wildman–Crippen MR) is 185 cm³/mol. The van der Waals surface area contributed by atoms with Crippen LogP contribution in [-0.2, 0) is 0 Å². The number of benzene rings is 6. The minimum atomic E-state index is 0.698. The molecule has 0 unspecified atom stereocenters. The fourth-order valence-electron chi connectivity index (χ4n) is 6.78. The zero-order valence-electron chi connectivity index (χ0n) is 22.8. The van der Waals surface area contributed by atoms with Gasteiger partial charge in [0.2, 0.25) is 5.95 Å². The molecule has 43 heavy (non-hydrogen) atoms. The zero-order chi connectivity index (χ0) is 28.1. The normalized spacial score (nSPS) is 12.2. The van der Waals surface area contributed by atoms with Crippen molar-refractivity contribution in [2.45, 2.75) is 0 Å². The van der Waals surface area contributed by atoms with E-state index in [0.29, 0.717) is 5.95 Å². The lowest BCUT2D eigenvalue weighted by atomic mass is 10.0. The van der Waals surface area contributed by atoms with Crippen molar-refractivity contribution in [1.82, 2.24) is 14.5 Å². The van der Waals surface area contributed by atoms with E-state index in [-0.39, 0.29) is 0 Å². The van der Waals surface area contributed by atoms with Gasteiger partial charge in [0.25, 0.3) is 0 Å². The van der Waals surface area contributed by atoms with Gasteiger partial charge in [0.05, 0.1) is 26.9 Å². The summed E-state index contributed by atoms with van der Waals surface area (Å²) < 4.78 is 7.22. The van der Waals surface area contributed by atoms with E-state index in [1.54, 1.807) is 11.3 Å². The van der Waals surface area contributed by atoms with Gasteiger partial charge in [0.1, 0.15) is 0 Å². The molecule has 4 aromatic heterocycles. The Morgan fingerprint density at radius 2 is 1.16 bits per heavy atom. The van der Waals surface area contributed by atoms with Crippen LogP contribution in [0.1, 0.15) is 0 Å². The third-order valence-corrected chi connectivity index (χ3v) is 10.9. The summed E-state index contributed by atoms with van der Waals surface area (Å²) in [6.07, 6.45) is 0. The number of nitrogens with zero attached hydrogens (tertiary/aromatic N) is 3. The zero-order valence-corrected chi connectivity index (χ0v) is 24.4. The average molecular weight is 584 g/mol. The molecule has 0 radical (unpaired) electrons. The lowest BCUT2D eigenvalue weighted by molar-refractivity contribution is 1.02. The van der Waals surface area contributed by atoms with Gasteiger partial charge in [0, 0.05) is 46.6 Å². The number of hydrogen-bond donors (Lipinski definition) is 0. The van der Waals surface area contributed by atoms with Crippen LogP contribution in [0, 0.1) is 0 Å². The van der Waals surface area contributed by atoms with Crippen molar-refractivity contribution >= 4 is 95.7 Å². The Morgan fingerprint density at radius 3 is 2.05 bits per heavy atom. The van der Waals surface area contributed by atoms with Gasteiger partial charge < -0.3 is 0 Å². The molecule has 0 atom stereocenters.